The Labute approximate surface area is 140 Å². The number of hydrogen-bond acceptors (Lipinski definition) is 2. The third kappa shape index (κ3) is 5.11. The molecule has 5 heteroatoms. The van der Waals surface area contributed by atoms with Gasteiger partial charge in [-0.1, -0.05) is 60.1 Å². The van der Waals surface area contributed by atoms with Crippen LogP contribution in [0.5, 0.6) is 0 Å². The van der Waals surface area contributed by atoms with Gasteiger partial charge in [0.25, 0.3) is 0 Å². The number of nitrogens with one attached hydrogen (secondary N) is 2. The second kappa shape index (κ2) is 8.34. The molecular weight excluding hydrogens is 312 g/mol. The average molecular weight is 331 g/mol. The van der Waals surface area contributed by atoms with Crippen molar-refractivity contribution in [2.45, 2.75) is 19.4 Å². The summed E-state index contributed by atoms with van der Waals surface area (Å²) in [7, 11) is 0. The molecule has 120 valence electrons. The number of benzene rings is 2. The summed E-state index contributed by atoms with van der Waals surface area (Å²) in [6, 6.07) is 16.7. The minimum absolute atomic E-state index is 0.224. The Morgan fingerprint density at radius 3 is 2.35 bits per heavy atom. The summed E-state index contributed by atoms with van der Waals surface area (Å²) in [6.45, 7) is 2.19. The first-order valence-electron chi connectivity index (χ1n) is 7.45. The van der Waals surface area contributed by atoms with E-state index in [1.807, 2.05) is 55.5 Å². The van der Waals surface area contributed by atoms with Gasteiger partial charge in [0.2, 0.25) is 0 Å². The van der Waals surface area contributed by atoms with Crippen LogP contribution in [-0.2, 0) is 16.0 Å². The van der Waals surface area contributed by atoms with Crippen LogP contribution in [-0.4, -0.2) is 18.4 Å². The van der Waals surface area contributed by atoms with Crippen LogP contribution in [0.4, 0.5) is 0 Å². The summed E-state index contributed by atoms with van der Waals surface area (Å²) in [5.41, 5.74) is 1.89. The van der Waals surface area contributed by atoms with Crippen molar-refractivity contribution in [2.75, 3.05) is 6.54 Å². The first-order valence-corrected chi connectivity index (χ1v) is 7.83. The highest BCUT2D eigenvalue weighted by molar-refractivity contribution is 6.35. The van der Waals surface area contributed by atoms with Gasteiger partial charge in [-0.25, -0.2) is 0 Å². The fourth-order valence-corrected chi connectivity index (χ4v) is 2.41. The van der Waals surface area contributed by atoms with Gasteiger partial charge in [-0.3, -0.25) is 9.59 Å². The van der Waals surface area contributed by atoms with Gasteiger partial charge in [0.1, 0.15) is 0 Å². The second-order valence-electron chi connectivity index (χ2n) is 5.20. The first-order chi connectivity index (χ1) is 11.1. The van der Waals surface area contributed by atoms with Crippen LogP contribution in [0, 0.1) is 0 Å². The number of carbonyl (C=O) groups is 2. The minimum atomic E-state index is -0.639. The molecule has 2 aromatic carbocycles. The molecule has 0 aromatic heterocycles. The van der Waals surface area contributed by atoms with Gasteiger partial charge in [-0.2, -0.15) is 0 Å². The molecule has 0 aliphatic carbocycles. The number of halogens is 1. The second-order valence-corrected chi connectivity index (χ2v) is 5.61. The lowest BCUT2D eigenvalue weighted by Crippen LogP contribution is -2.41. The monoisotopic (exact) mass is 330 g/mol. The van der Waals surface area contributed by atoms with Crippen LogP contribution in [0.25, 0.3) is 0 Å². The van der Waals surface area contributed by atoms with E-state index in [4.69, 9.17) is 11.6 Å². The number of hydrogen-bond donors (Lipinski definition) is 2. The molecule has 0 saturated heterocycles. The van der Waals surface area contributed by atoms with Crippen LogP contribution in [0.1, 0.15) is 24.1 Å². The third-order valence-corrected chi connectivity index (χ3v) is 3.86. The Hall–Kier alpha value is -2.33. The van der Waals surface area contributed by atoms with E-state index < -0.39 is 11.8 Å². The van der Waals surface area contributed by atoms with E-state index >= 15 is 0 Å². The number of carbonyl (C=O) groups excluding carboxylic acids is 2. The smallest absolute Gasteiger partial charge is 0.309 e. The zero-order chi connectivity index (χ0) is 16.7. The largest absolute Gasteiger partial charge is 0.348 e. The van der Waals surface area contributed by atoms with Crippen LogP contribution in [0.3, 0.4) is 0 Å². The molecule has 1 unspecified atom stereocenters. The molecule has 2 aromatic rings. The van der Waals surface area contributed by atoms with Gasteiger partial charge in [0, 0.05) is 11.6 Å². The lowest BCUT2D eigenvalue weighted by Gasteiger charge is -2.14. The first kappa shape index (κ1) is 17.0. The third-order valence-electron chi connectivity index (χ3n) is 3.49. The number of amides is 2. The summed E-state index contributed by atoms with van der Waals surface area (Å²) >= 11 is 6.05. The van der Waals surface area contributed by atoms with Crippen molar-refractivity contribution in [1.29, 1.82) is 0 Å². The van der Waals surface area contributed by atoms with Gasteiger partial charge in [0.05, 0.1) is 6.04 Å². The Morgan fingerprint density at radius 2 is 1.65 bits per heavy atom. The van der Waals surface area contributed by atoms with Crippen LogP contribution < -0.4 is 10.6 Å². The highest BCUT2D eigenvalue weighted by atomic mass is 35.5. The molecule has 0 aliphatic heterocycles. The Balaban J connectivity index is 1.79. The molecule has 2 rings (SSSR count). The van der Waals surface area contributed by atoms with E-state index in [-0.39, 0.29) is 6.04 Å². The summed E-state index contributed by atoms with van der Waals surface area (Å²) < 4.78 is 0. The molecule has 0 radical (unpaired) electrons. The summed E-state index contributed by atoms with van der Waals surface area (Å²) in [4.78, 5) is 23.7. The Morgan fingerprint density at radius 1 is 1.00 bits per heavy atom. The van der Waals surface area contributed by atoms with Gasteiger partial charge < -0.3 is 10.6 Å². The van der Waals surface area contributed by atoms with Gasteiger partial charge in [-0.15, -0.1) is 0 Å². The topological polar surface area (TPSA) is 58.2 Å². The SMILES string of the molecule is CC(NC(=O)C(=O)NCCc1ccccc1Cl)c1ccccc1. The van der Waals surface area contributed by atoms with Crippen molar-refractivity contribution < 1.29 is 9.59 Å². The predicted molar refractivity (Wildman–Crippen MR) is 91.2 cm³/mol. The van der Waals surface area contributed by atoms with E-state index in [1.165, 1.54) is 0 Å². The maximum Gasteiger partial charge on any atom is 0.309 e. The highest BCUT2D eigenvalue weighted by Crippen LogP contribution is 2.14. The zero-order valence-corrected chi connectivity index (χ0v) is 13.6. The van der Waals surface area contributed by atoms with Crippen molar-refractivity contribution >= 4 is 23.4 Å². The molecule has 0 saturated carbocycles. The lowest BCUT2D eigenvalue weighted by atomic mass is 10.1. The summed E-state index contributed by atoms with van der Waals surface area (Å²) in [5, 5.41) is 5.94. The highest BCUT2D eigenvalue weighted by Gasteiger charge is 2.16. The molecular formula is C18H19ClN2O2. The Kier molecular flexibility index (Phi) is 6.18. The van der Waals surface area contributed by atoms with Crippen LogP contribution >= 0.6 is 11.6 Å². The maximum absolute atomic E-state index is 11.9. The van der Waals surface area contributed by atoms with Crippen LogP contribution in [0.2, 0.25) is 5.02 Å². The van der Waals surface area contributed by atoms with E-state index in [0.29, 0.717) is 18.0 Å². The quantitative estimate of drug-likeness (QED) is 0.828. The minimum Gasteiger partial charge on any atom is -0.348 e. The zero-order valence-electron chi connectivity index (χ0n) is 12.9. The van der Waals surface area contributed by atoms with E-state index in [0.717, 1.165) is 11.1 Å². The molecule has 0 aliphatic rings. The van der Waals surface area contributed by atoms with Gasteiger partial charge >= 0.3 is 11.8 Å². The maximum atomic E-state index is 11.9. The van der Waals surface area contributed by atoms with Gasteiger partial charge in [-0.05, 0) is 30.5 Å². The molecule has 2 amide bonds. The van der Waals surface area contributed by atoms with Crippen molar-refractivity contribution in [3.8, 4) is 0 Å². The standard InChI is InChI=1S/C18H19ClN2O2/c1-13(14-7-3-2-4-8-14)21-18(23)17(22)20-12-11-15-9-5-6-10-16(15)19/h2-10,13H,11-12H2,1H3,(H,20,22)(H,21,23). The summed E-state index contributed by atoms with van der Waals surface area (Å²) in [5.74, 6) is -1.28. The van der Waals surface area contributed by atoms with Gasteiger partial charge in [0.15, 0.2) is 0 Å². The molecule has 0 fully saturated rings. The molecule has 2 N–H and O–H groups in total. The molecule has 0 heterocycles. The molecule has 0 spiro atoms. The molecule has 23 heavy (non-hydrogen) atoms. The van der Waals surface area contributed by atoms with Crippen LogP contribution in [0.15, 0.2) is 54.6 Å². The van der Waals surface area contributed by atoms with E-state index in [9.17, 15) is 9.59 Å². The molecule has 0 bridgehead atoms. The predicted octanol–water partition coefficient (Wildman–Crippen LogP) is 2.88. The van der Waals surface area contributed by atoms with Crippen molar-refractivity contribution in [2.24, 2.45) is 0 Å². The Bertz CT molecular complexity index is 674. The number of rotatable bonds is 5. The fourth-order valence-electron chi connectivity index (χ4n) is 2.18. The lowest BCUT2D eigenvalue weighted by molar-refractivity contribution is -0.139. The van der Waals surface area contributed by atoms with Crippen molar-refractivity contribution in [3.05, 3.63) is 70.7 Å². The van der Waals surface area contributed by atoms with E-state index in [1.54, 1.807) is 6.07 Å². The normalized spacial score (nSPS) is 11.6. The van der Waals surface area contributed by atoms with E-state index in [2.05, 4.69) is 10.6 Å². The molecule has 4 nitrogen and oxygen atoms in total. The average Bonchev–Trinajstić information content (AvgIpc) is 2.57. The summed E-state index contributed by atoms with van der Waals surface area (Å²) in [6.07, 6.45) is 0.576. The molecule has 1 atom stereocenters. The fraction of sp³-hybridized carbons (Fsp3) is 0.222. The van der Waals surface area contributed by atoms with Crippen molar-refractivity contribution in [3.63, 3.8) is 0 Å². The van der Waals surface area contributed by atoms with Crippen molar-refractivity contribution in [1.82, 2.24) is 10.6 Å².